The van der Waals surface area contributed by atoms with E-state index in [-0.39, 0.29) is 16.5 Å². The Hall–Kier alpha value is -2.25. The third-order valence-electron chi connectivity index (χ3n) is 4.19. The van der Waals surface area contributed by atoms with E-state index in [1.54, 1.807) is 0 Å². The molecular formula is C18H19FN2O3S. The van der Waals surface area contributed by atoms with Gasteiger partial charge >= 0.3 is 0 Å². The van der Waals surface area contributed by atoms with Crippen LogP contribution >= 0.6 is 0 Å². The Morgan fingerprint density at radius 3 is 2.40 bits per heavy atom. The summed E-state index contributed by atoms with van der Waals surface area (Å²) in [5.74, 6) is -0.853. The summed E-state index contributed by atoms with van der Waals surface area (Å²) in [4.78, 5) is 12.4. The summed E-state index contributed by atoms with van der Waals surface area (Å²) in [5, 5.41) is 2.62. The van der Waals surface area contributed by atoms with E-state index in [0.717, 1.165) is 25.7 Å². The lowest BCUT2D eigenvalue weighted by molar-refractivity contribution is 0.102. The molecule has 0 atom stereocenters. The van der Waals surface area contributed by atoms with Gasteiger partial charge in [-0.15, -0.1) is 0 Å². The third-order valence-corrected chi connectivity index (χ3v) is 5.70. The Kier molecular flexibility index (Phi) is 5.15. The van der Waals surface area contributed by atoms with E-state index in [1.165, 1.54) is 48.5 Å². The topological polar surface area (TPSA) is 75.3 Å². The number of halogens is 1. The normalized spacial score (nSPS) is 15.2. The minimum Gasteiger partial charge on any atom is -0.322 e. The average molecular weight is 362 g/mol. The van der Waals surface area contributed by atoms with E-state index in [0.29, 0.717) is 5.69 Å². The van der Waals surface area contributed by atoms with Crippen molar-refractivity contribution < 1.29 is 17.6 Å². The van der Waals surface area contributed by atoms with Gasteiger partial charge in [0.15, 0.2) is 0 Å². The molecule has 0 saturated heterocycles. The van der Waals surface area contributed by atoms with Crippen LogP contribution in [0.2, 0.25) is 0 Å². The first-order valence-electron chi connectivity index (χ1n) is 8.13. The lowest BCUT2D eigenvalue weighted by Crippen LogP contribution is -2.32. The number of amides is 1. The first-order chi connectivity index (χ1) is 11.9. The van der Waals surface area contributed by atoms with Crippen molar-refractivity contribution in [1.82, 2.24) is 4.72 Å². The number of carbonyl (C=O) groups excluding carboxylic acids is 1. The third kappa shape index (κ3) is 4.43. The molecule has 132 valence electrons. The van der Waals surface area contributed by atoms with Crippen LogP contribution in [0.3, 0.4) is 0 Å². The summed E-state index contributed by atoms with van der Waals surface area (Å²) >= 11 is 0. The molecule has 0 aliphatic heterocycles. The molecule has 0 radical (unpaired) electrons. The maximum atomic E-state index is 12.9. The fourth-order valence-corrected chi connectivity index (χ4v) is 4.22. The smallest absolute Gasteiger partial charge is 0.255 e. The molecule has 1 aliphatic rings. The van der Waals surface area contributed by atoms with Crippen LogP contribution in [-0.2, 0) is 10.0 Å². The van der Waals surface area contributed by atoms with Crippen LogP contribution in [-0.4, -0.2) is 20.4 Å². The zero-order valence-corrected chi connectivity index (χ0v) is 14.4. The Bertz CT molecular complexity index is 860. The highest BCUT2D eigenvalue weighted by Gasteiger charge is 2.23. The van der Waals surface area contributed by atoms with Gasteiger partial charge in [0.25, 0.3) is 5.91 Å². The predicted octanol–water partition coefficient (Wildman–Crippen LogP) is 3.30. The van der Waals surface area contributed by atoms with Gasteiger partial charge in [-0.05, 0) is 55.3 Å². The van der Waals surface area contributed by atoms with Crippen LogP contribution in [0.1, 0.15) is 36.0 Å². The maximum Gasteiger partial charge on any atom is 0.255 e. The molecule has 2 aromatic carbocycles. The van der Waals surface area contributed by atoms with Crippen molar-refractivity contribution in [3.05, 3.63) is 59.9 Å². The number of sulfonamides is 1. The second kappa shape index (κ2) is 7.33. The number of hydrogen-bond acceptors (Lipinski definition) is 3. The van der Waals surface area contributed by atoms with Crippen molar-refractivity contribution in [2.45, 2.75) is 36.6 Å². The van der Waals surface area contributed by atoms with Crippen molar-refractivity contribution in [1.29, 1.82) is 0 Å². The molecule has 0 aromatic heterocycles. The SMILES string of the molecule is O=C(Nc1ccc(F)cc1)c1cccc(S(=O)(=O)NC2CCCC2)c1. The number of hydrogen-bond donors (Lipinski definition) is 2. The lowest BCUT2D eigenvalue weighted by Gasteiger charge is -2.13. The van der Waals surface area contributed by atoms with Gasteiger partial charge in [0.05, 0.1) is 4.90 Å². The van der Waals surface area contributed by atoms with Gasteiger partial charge in [-0.1, -0.05) is 18.9 Å². The Labute approximate surface area is 146 Å². The Morgan fingerprint density at radius 1 is 1.04 bits per heavy atom. The Morgan fingerprint density at radius 2 is 1.72 bits per heavy atom. The highest BCUT2D eigenvalue weighted by molar-refractivity contribution is 7.89. The van der Waals surface area contributed by atoms with Crippen LogP contribution in [0, 0.1) is 5.82 Å². The minimum absolute atomic E-state index is 0.0401. The van der Waals surface area contributed by atoms with E-state index in [9.17, 15) is 17.6 Å². The van der Waals surface area contributed by atoms with Gasteiger partial charge in [0, 0.05) is 17.3 Å². The molecule has 5 nitrogen and oxygen atoms in total. The summed E-state index contributed by atoms with van der Waals surface area (Å²) in [6.45, 7) is 0. The molecule has 1 aliphatic carbocycles. The summed E-state index contributed by atoms with van der Waals surface area (Å²) < 4.78 is 40.6. The summed E-state index contributed by atoms with van der Waals surface area (Å²) in [6, 6.07) is 11.2. The average Bonchev–Trinajstić information content (AvgIpc) is 3.09. The molecule has 0 spiro atoms. The van der Waals surface area contributed by atoms with Crippen LogP contribution in [0.25, 0.3) is 0 Å². The molecule has 3 rings (SSSR count). The van der Waals surface area contributed by atoms with Crippen LogP contribution < -0.4 is 10.0 Å². The lowest BCUT2D eigenvalue weighted by atomic mass is 10.2. The zero-order valence-electron chi connectivity index (χ0n) is 13.5. The number of rotatable bonds is 5. The second-order valence-corrected chi connectivity index (χ2v) is 7.81. The Balaban J connectivity index is 1.76. The quantitative estimate of drug-likeness (QED) is 0.857. The van der Waals surface area contributed by atoms with Gasteiger partial charge in [0.2, 0.25) is 10.0 Å². The summed E-state index contributed by atoms with van der Waals surface area (Å²) in [5.41, 5.74) is 0.655. The number of nitrogens with one attached hydrogen (secondary N) is 2. The van der Waals surface area contributed by atoms with E-state index >= 15 is 0 Å². The van der Waals surface area contributed by atoms with Crippen molar-refractivity contribution in [2.75, 3.05) is 5.32 Å². The van der Waals surface area contributed by atoms with Crippen molar-refractivity contribution in [3.63, 3.8) is 0 Å². The molecule has 1 fully saturated rings. The first-order valence-corrected chi connectivity index (χ1v) is 9.62. The fourth-order valence-electron chi connectivity index (χ4n) is 2.87. The monoisotopic (exact) mass is 362 g/mol. The molecule has 7 heteroatoms. The molecule has 1 saturated carbocycles. The van der Waals surface area contributed by atoms with Crippen LogP contribution in [0.5, 0.6) is 0 Å². The van der Waals surface area contributed by atoms with Crippen LogP contribution in [0.15, 0.2) is 53.4 Å². The van der Waals surface area contributed by atoms with Gasteiger partial charge in [-0.25, -0.2) is 17.5 Å². The first kappa shape index (κ1) is 17.6. The highest BCUT2D eigenvalue weighted by atomic mass is 32.2. The maximum absolute atomic E-state index is 12.9. The van der Waals surface area contributed by atoms with E-state index < -0.39 is 21.7 Å². The van der Waals surface area contributed by atoms with Gasteiger partial charge in [0.1, 0.15) is 5.82 Å². The predicted molar refractivity (Wildman–Crippen MR) is 93.4 cm³/mol. The minimum atomic E-state index is -3.66. The fraction of sp³-hybridized carbons (Fsp3) is 0.278. The summed E-state index contributed by atoms with van der Waals surface area (Å²) in [7, 11) is -3.66. The number of benzene rings is 2. The van der Waals surface area contributed by atoms with Gasteiger partial charge in [-0.3, -0.25) is 4.79 Å². The van der Waals surface area contributed by atoms with Gasteiger partial charge in [-0.2, -0.15) is 0 Å². The second-order valence-electron chi connectivity index (χ2n) is 6.09. The van der Waals surface area contributed by atoms with Crippen molar-refractivity contribution in [2.24, 2.45) is 0 Å². The molecule has 25 heavy (non-hydrogen) atoms. The molecule has 0 unspecified atom stereocenters. The molecule has 2 N–H and O–H groups in total. The molecule has 1 amide bonds. The van der Waals surface area contributed by atoms with Crippen molar-refractivity contribution >= 4 is 21.6 Å². The molecule has 2 aromatic rings. The molecular weight excluding hydrogens is 343 g/mol. The van der Waals surface area contributed by atoms with Crippen molar-refractivity contribution in [3.8, 4) is 0 Å². The highest BCUT2D eigenvalue weighted by Crippen LogP contribution is 2.21. The number of carbonyl (C=O) groups is 1. The largest absolute Gasteiger partial charge is 0.322 e. The summed E-state index contributed by atoms with van der Waals surface area (Å²) in [6.07, 6.45) is 3.72. The standard InChI is InChI=1S/C18H19FN2O3S/c19-14-8-10-15(11-9-14)20-18(22)13-4-3-7-17(12-13)25(23,24)21-16-5-1-2-6-16/h3-4,7-12,16,21H,1-2,5-6H2,(H,20,22). The zero-order chi connectivity index (χ0) is 17.9. The van der Waals surface area contributed by atoms with E-state index in [4.69, 9.17) is 0 Å². The molecule has 0 bridgehead atoms. The molecule has 0 heterocycles. The van der Waals surface area contributed by atoms with Crippen LogP contribution in [0.4, 0.5) is 10.1 Å². The van der Waals surface area contributed by atoms with E-state index in [2.05, 4.69) is 10.0 Å². The van der Waals surface area contributed by atoms with E-state index in [1.807, 2.05) is 0 Å². The van der Waals surface area contributed by atoms with Gasteiger partial charge < -0.3 is 5.32 Å². The number of anilines is 1.